The number of carbonyl (C=O) groups is 1. The van der Waals surface area contributed by atoms with Crippen LogP contribution in [0, 0.1) is 0 Å². The van der Waals surface area contributed by atoms with Crippen LogP contribution in [0.25, 0.3) is 17.1 Å². The van der Waals surface area contributed by atoms with Gasteiger partial charge in [0.25, 0.3) is 5.91 Å². The van der Waals surface area contributed by atoms with Gasteiger partial charge < -0.3 is 9.47 Å². The van der Waals surface area contributed by atoms with Crippen molar-refractivity contribution >= 4 is 51.4 Å². The summed E-state index contributed by atoms with van der Waals surface area (Å²) in [6, 6.07) is 20.4. The van der Waals surface area contributed by atoms with Gasteiger partial charge in [-0.25, -0.2) is 5.43 Å². The number of rotatable bonds is 9. The molecule has 4 aromatic rings. The first kappa shape index (κ1) is 25.7. The number of hydrazone groups is 1. The lowest BCUT2D eigenvalue weighted by Gasteiger charge is -2.11. The van der Waals surface area contributed by atoms with Crippen molar-refractivity contribution in [2.75, 3.05) is 20.0 Å². The summed E-state index contributed by atoms with van der Waals surface area (Å²) in [6.45, 7) is 0. The van der Waals surface area contributed by atoms with E-state index in [4.69, 9.17) is 21.1 Å². The number of halogens is 2. The van der Waals surface area contributed by atoms with E-state index in [1.807, 2.05) is 59.2 Å². The quantitative estimate of drug-likeness (QED) is 0.156. The summed E-state index contributed by atoms with van der Waals surface area (Å²) in [7, 11) is 3.19. The number of methoxy groups -OCH3 is 2. The highest BCUT2D eigenvalue weighted by Crippen LogP contribution is 2.29. The molecular formula is C25H21BrClN5O3S. The van der Waals surface area contributed by atoms with Gasteiger partial charge in [-0.1, -0.05) is 39.3 Å². The van der Waals surface area contributed by atoms with Crippen LogP contribution in [-0.4, -0.2) is 46.9 Å². The van der Waals surface area contributed by atoms with E-state index in [2.05, 4.69) is 36.7 Å². The van der Waals surface area contributed by atoms with Crippen LogP contribution in [0.3, 0.4) is 0 Å². The highest BCUT2D eigenvalue weighted by atomic mass is 79.9. The van der Waals surface area contributed by atoms with Crippen molar-refractivity contribution in [2.24, 2.45) is 5.10 Å². The number of hydrogen-bond donors (Lipinski definition) is 1. The molecule has 0 saturated carbocycles. The number of thioether (sulfide) groups is 1. The molecule has 0 radical (unpaired) electrons. The zero-order chi connectivity index (χ0) is 25.5. The van der Waals surface area contributed by atoms with Crippen LogP contribution in [0.5, 0.6) is 11.5 Å². The maximum absolute atomic E-state index is 12.5. The molecule has 0 fully saturated rings. The summed E-state index contributed by atoms with van der Waals surface area (Å²) in [5.74, 6) is 1.81. The third-order valence-electron chi connectivity index (χ3n) is 4.98. The fourth-order valence-electron chi connectivity index (χ4n) is 3.26. The molecule has 0 bridgehead atoms. The highest BCUT2D eigenvalue weighted by molar-refractivity contribution is 9.10. The SMILES string of the molecule is COc1ccc(-c2nnc(SCC(=O)N/N=C/c3cc(Br)ccc3OC)n2-c2ccc(Cl)cc2)cc1. The lowest BCUT2D eigenvalue weighted by Crippen LogP contribution is -2.20. The van der Waals surface area contributed by atoms with Gasteiger partial charge in [-0.15, -0.1) is 10.2 Å². The Morgan fingerprint density at radius 3 is 2.53 bits per heavy atom. The van der Waals surface area contributed by atoms with E-state index in [1.54, 1.807) is 26.4 Å². The summed E-state index contributed by atoms with van der Waals surface area (Å²) in [4.78, 5) is 12.5. The van der Waals surface area contributed by atoms with E-state index in [9.17, 15) is 4.79 Å². The second-order valence-electron chi connectivity index (χ2n) is 7.31. The summed E-state index contributed by atoms with van der Waals surface area (Å²) < 4.78 is 13.3. The fraction of sp³-hybridized carbons (Fsp3) is 0.120. The van der Waals surface area contributed by atoms with Gasteiger partial charge >= 0.3 is 0 Å². The van der Waals surface area contributed by atoms with Crippen molar-refractivity contribution < 1.29 is 14.3 Å². The van der Waals surface area contributed by atoms with Crippen LogP contribution in [0.1, 0.15) is 5.56 Å². The molecule has 184 valence electrons. The smallest absolute Gasteiger partial charge is 0.250 e. The van der Waals surface area contributed by atoms with Gasteiger partial charge in [-0.05, 0) is 66.7 Å². The van der Waals surface area contributed by atoms with Gasteiger partial charge in [0.15, 0.2) is 11.0 Å². The first-order valence-electron chi connectivity index (χ1n) is 10.6. The maximum Gasteiger partial charge on any atom is 0.250 e. The van der Waals surface area contributed by atoms with Crippen molar-refractivity contribution in [3.63, 3.8) is 0 Å². The van der Waals surface area contributed by atoms with Gasteiger partial charge in [-0.3, -0.25) is 9.36 Å². The van der Waals surface area contributed by atoms with Crippen LogP contribution in [0.4, 0.5) is 0 Å². The number of carbonyl (C=O) groups excluding carboxylic acids is 1. The predicted molar refractivity (Wildman–Crippen MR) is 146 cm³/mol. The number of aromatic nitrogens is 3. The van der Waals surface area contributed by atoms with E-state index in [0.29, 0.717) is 21.8 Å². The Labute approximate surface area is 225 Å². The molecule has 3 aromatic carbocycles. The Bertz CT molecular complexity index is 1380. The van der Waals surface area contributed by atoms with Crippen molar-refractivity contribution in [3.05, 3.63) is 81.8 Å². The summed E-state index contributed by atoms with van der Waals surface area (Å²) in [5.41, 5.74) is 4.93. The molecule has 4 rings (SSSR count). The molecule has 0 atom stereocenters. The molecule has 11 heteroatoms. The summed E-state index contributed by atoms with van der Waals surface area (Å²) >= 11 is 10.8. The van der Waals surface area contributed by atoms with Crippen molar-refractivity contribution in [1.82, 2.24) is 20.2 Å². The van der Waals surface area contributed by atoms with Gasteiger partial charge in [0, 0.05) is 26.3 Å². The number of benzene rings is 3. The molecule has 0 saturated heterocycles. The monoisotopic (exact) mass is 585 g/mol. The number of amides is 1. The lowest BCUT2D eigenvalue weighted by molar-refractivity contribution is -0.118. The Hall–Kier alpha value is -3.34. The minimum atomic E-state index is -0.290. The van der Waals surface area contributed by atoms with Gasteiger partial charge in [0.05, 0.1) is 26.2 Å². The van der Waals surface area contributed by atoms with Crippen molar-refractivity contribution in [3.8, 4) is 28.6 Å². The zero-order valence-electron chi connectivity index (χ0n) is 19.3. The first-order valence-corrected chi connectivity index (χ1v) is 12.8. The van der Waals surface area contributed by atoms with E-state index in [1.165, 1.54) is 18.0 Å². The van der Waals surface area contributed by atoms with Gasteiger partial charge in [0.1, 0.15) is 11.5 Å². The average molecular weight is 587 g/mol. The van der Waals surface area contributed by atoms with Crippen LogP contribution < -0.4 is 14.9 Å². The Kier molecular flexibility index (Phi) is 8.63. The topological polar surface area (TPSA) is 90.6 Å². The largest absolute Gasteiger partial charge is 0.497 e. The van der Waals surface area contributed by atoms with E-state index in [0.717, 1.165) is 27.0 Å². The second-order valence-corrected chi connectivity index (χ2v) is 9.61. The molecule has 1 N–H and O–H groups in total. The van der Waals surface area contributed by atoms with Gasteiger partial charge in [-0.2, -0.15) is 5.10 Å². The van der Waals surface area contributed by atoms with E-state index in [-0.39, 0.29) is 11.7 Å². The summed E-state index contributed by atoms with van der Waals surface area (Å²) in [5, 5.41) is 13.9. The number of ether oxygens (including phenoxy) is 2. The molecular weight excluding hydrogens is 566 g/mol. The normalized spacial score (nSPS) is 11.0. The molecule has 0 aliphatic rings. The van der Waals surface area contributed by atoms with Crippen LogP contribution in [0.15, 0.2) is 81.5 Å². The molecule has 1 amide bonds. The Morgan fingerprint density at radius 1 is 1.08 bits per heavy atom. The van der Waals surface area contributed by atoms with E-state index >= 15 is 0 Å². The van der Waals surface area contributed by atoms with Crippen LogP contribution in [-0.2, 0) is 4.79 Å². The van der Waals surface area contributed by atoms with E-state index < -0.39 is 0 Å². The third-order valence-corrected chi connectivity index (χ3v) is 6.66. The van der Waals surface area contributed by atoms with Crippen molar-refractivity contribution in [2.45, 2.75) is 5.16 Å². The predicted octanol–water partition coefficient (Wildman–Crippen LogP) is 5.61. The molecule has 36 heavy (non-hydrogen) atoms. The lowest BCUT2D eigenvalue weighted by atomic mass is 10.2. The number of hydrogen-bond acceptors (Lipinski definition) is 7. The highest BCUT2D eigenvalue weighted by Gasteiger charge is 2.17. The Balaban J connectivity index is 1.51. The molecule has 1 heterocycles. The Morgan fingerprint density at radius 2 is 1.83 bits per heavy atom. The third kappa shape index (κ3) is 6.26. The zero-order valence-corrected chi connectivity index (χ0v) is 22.5. The molecule has 0 aliphatic carbocycles. The van der Waals surface area contributed by atoms with Crippen LogP contribution in [0.2, 0.25) is 5.02 Å². The molecule has 1 aromatic heterocycles. The van der Waals surface area contributed by atoms with Crippen molar-refractivity contribution in [1.29, 1.82) is 0 Å². The van der Waals surface area contributed by atoms with Gasteiger partial charge in [0.2, 0.25) is 0 Å². The average Bonchev–Trinajstić information content (AvgIpc) is 3.32. The standard InChI is InChI=1S/C25H21BrClN5O3S/c1-34-21-10-3-16(4-11-21)24-30-31-25(32(24)20-8-6-19(27)7-9-20)36-15-23(33)29-28-14-17-13-18(26)5-12-22(17)35-2/h3-14H,15H2,1-2H3,(H,29,33)/b28-14+. The number of nitrogens with zero attached hydrogens (tertiary/aromatic N) is 4. The number of nitrogens with one attached hydrogen (secondary N) is 1. The second kappa shape index (κ2) is 12.1. The molecule has 0 spiro atoms. The minimum absolute atomic E-state index is 0.0846. The molecule has 0 unspecified atom stereocenters. The first-order chi connectivity index (χ1) is 17.5. The molecule has 0 aliphatic heterocycles. The fourth-order valence-corrected chi connectivity index (χ4v) is 4.50. The van der Waals surface area contributed by atoms with Crippen LogP contribution >= 0.6 is 39.3 Å². The maximum atomic E-state index is 12.5. The molecule has 8 nitrogen and oxygen atoms in total. The minimum Gasteiger partial charge on any atom is -0.497 e. The summed E-state index contributed by atoms with van der Waals surface area (Å²) in [6.07, 6.45) is 1.53.